The SMILES string of the molecule is Cc1n[nH]c(C)c1NS(=O)(=O)/C=C/c1ccc(Cl)cc1. The Morgan fingerprint density at radius 3 is 2.45 bits per heavy atom. The highest BCUT2D eigenvalue weighted by molar-refractivity contribution is 7.95. The fourth-order valence-electron chi connectivity index (χ4n) is 1.62. The van der Waals surface area contributed by atoms with E-state index in [2.05, 4.69) is 14.9 Å². The second-order valence-electron chi connectivity index (χ2n) is 4.31. The largest absolute Gasteiger partial charge is 0.280 e. The number of nitrogens with one attached hydrogen (secondary N) is 2. The number of hydrogen-bond donors (Lipinski definition) is 2. The molecule has 0 spiro atoms. The summed E-state index contributed by atoms with van der Waals surface area (Å²) in [4.78, 5) is 0. The van der Waals surface area contributed by atoms with E-state index in [1.165, 1.54) is 6.08 Å². The molecule has 0 fully saturated rings. The third kappa shape index (κ3) is 3.61. The summed E-state index contributed by atoms with van der Waals surface area (Å²) in [5, 5.41) is 8.38. The highest BCUT2D eigenvalue weighted by Crippen LogP contribution is 2.18. The van der Waals surface area contributed by atoms with Crippen molar-refractivity contribution >= 4 is 33.4 Å². The van der Waals surface area contributed by atoms with E-state index in [-0.39, 0.29) is 0 Å². The van der Waals surface area contributed by atoms with Gasteiger partial charge in [-0.15, -0.1) is 0 Å². The number of aromatic amines is 1. The number of aromatic nitrogens is 2. The van der Waals surface area contributed by atoms with Gasteiger partial charge in [-0.2, -0.15) is 5.10 Å². The molecule has 0 aliphatic rings. The molecular weight excluding hydrogens is 298 g/mol. The molecule has 2 N–H and O–H groups in total. The number of benzene rings is 1. The molecule has 0 saturated heterocycles. The first kappa shape index (κ1) is 14.6. The minimum absolute atomic E-state index is 0.478. The zero-order valence-corrected chi connectivity index (χ0v) is 12.6. The zero-order valence-electron chi connectivity index (χ0n) is 11.0. The molecule has 5 nitrogen and oxygen atoms in total. The summed E-state index contributed by atoms with van der Waals surface area (Å²) in [6, 6.07) is 6.88. The minimum atomic E-state index is -3.58. The lowest BCUT2D eigenvalue weighted by Gasteiger charge is -2.04. The van der Waals surface area contributed by atoms with Gasteiger partial charge < -0.3 is 0 Å². The molecule has 0 unspecified atom stereocenters. The molecule has 1 aromatic carbocycles. The van der Waals surface area contributed by atoms with Crippen LogP contribution in [0.25, 0.3) is 6.08 Å². The quantitative estimate of drug-likeness (QED) is 0.911. The number of aryl methyl sites for hydroxylation is 2. The molecule has 0 bridgehead atoms. The first-order chi connectivity index (χ1) is 9.37. The molecule has 1 heterocycles. The molecule has 0 atom stereocenters. The van der Waals surface area contributed by atoms with Crippen LogP contribution in [0.15, 0.2) is 29.7 Å². The second-order valence-corrected chi connectivity index (χ2v) is 6.31. The summed E-state index contributed by atoms with van der Waals surface area (Å²) < 4.78 is 26.4. The predicted octanol–water partition coefficient (Wildman–Crippen LogP) is 3.09. The van der Waals surface area contributed by atoms with Gasteiger partial charge >= 0.3 is 0 Å². The molecular formula is C13H14ClN3O2S. The van der Waals surface area contributed by atoms with Crippen LogP contribution < -0.4 is 4.72 Å². The molecule has 106 valence electrons. The van der Waals surface area contributed by atoms with Crippen molar-refractivity contribution < 1.29 is 8.42 Å². The third-order valence-electron chi connectivity index (χ3n) is 2.68. The first-order valence-electron chi connectivity index (χ1n) is 5.85. The van der Waals surface area contributed by atoms with Crippen molar-refractivity contribution in [1.82, 2.24) is 10.2 Å². The van der Waals surface area contributed by atoms with Crippen LogP contribution in [0.3, 0.4) is 0 Å². The summed E-state index contributed by atoms with van der Waals surface area (Å²) in [5.41, 5.74) is 2.50. The average Bonchev–Trinajstić information content (AvgIpc) is 2.70. The lowest BCUT2D eigenvalue weighted by molar-refractivity contribution is 0.609. The highest BCUT2D eigenvalue weighted by Gasteiger charge is 2.12. The Morgan fingerprint density at radius 1 is 1.25 bits per heavy atom. The molecule has 0 aliphatic heterocycles. The van der Waals surface area contributed by atoms with Gasteiger partial charge in [-0.05, 0) is 37.6 Å². The molecule has 20 heavy (non-hydrogen) atoms. The topological polar surface area (TPSA) is 74.8 Å². The molecule has 1 aromatic heterocycles. The first-order valence-corrected chi connectivity index (χ1v) is 7.78. The van der Waals surface area contributed by atoms with E-state index < -0.39 is 10.0 Å². The van der Waals surface area contributed by atoms with Gasteiger partial charge in [0.2, 0.25) is 0 Å². The summed E-state index contributed by atoms with van der Waals surface area (Å²) in [6.07, 6.45) is 1.50. The minimum Gasteiger partial charge on any atom is -0.280 e. The van der Waals surface area contributed by atoms with Crippen molar-refractivity contribution in [3.8, 4) is 0 Å². The summed E-state index contributed by atoms with van der Waals surface area (Å²) in [6.45, 7) is 3.48. The Labute approximate surface area is 122 Å². The van der Waals surface area contributed by atoms with Crippen molar-refractivity contribution in [2.75, 3.05) is 4.72 Å². The number of anilines is 1. The van der Waals surface area contributed by atoms with E-state index in [9.17, 15) is 8.42 Å². The molecule has 0 radical (unpaired) electrons. The van der Waals surface area contributed by atoms with Crippen LogP contribution in [0.1, 0.15) is 17.0 Å². The Hall–Kier alpha value is -1.79. The van der Waals surface area contributed by atoms with E-state index in [4.69, 9.17) is 11.6 Å². The fraction of sp³-hybridized carbons (Fsp3) is 0.154. The van der Waals surface area contributed by atoms with Crippen LogP contribution >= 0.6 is 11.6 Å². The summed E-state index contributed by atoms with van der Waals surface area (Å²) >= 11 is 5.77. The van der Waals surface area contributed by atoms with Gasteiger partial charge in [0.1, 0.15) is 0 Å². The second kappa shape index (κ2) is 5.68. The summed E-state index contributed by atoms with van der Waals surface area (Å²) in [7, 11) is -3.58. The smallest absolute Gasteiger partial charge is 0.255 e. The molecule has 2 aromatic rings. The Bertz CT molecular complexity index is 714. The van der Waals surface area contributed by atoms with Gasteiger partial charge in [-0.3, -0.25) is 9.82 Å². The highest BCUT2D eigenvalue weighted by atomic mass is 35.5. The van der Waals surface area contributed by atoms with Crippen molar-refractivity contribution in [3.63, 3.8) is 0 Å². The van der Waals surface area contributed by atoms with Gasteiger partial charge in [0.05, 0.1) is 22.5 Å². The van der Waals surface area contributed by atoms with Crippen molar-refractivity contribution in [3.05, 3.63) is 51.6 Å². The molecule has 0 saturated carbocycles. The lowest BCUT2D eigenvalue weighted by atomic mass is 10.2. The van der Waals surface area contributed by atoms with Gasteiger partial charge in [-0.1, -0.05) is 23.7 Å². The number of nitrogens with zero attached hydrogens (tertiary/aromatic N) is 1. The van der Waals surface area contributed by atoms with Crippen LogP contribution in [-0.4, -0.2) is 18.6 Å². The maximum Gasteiger partial charge on any atom is 0.255 e. The van der Waals surface area contributed by atoms with Crippen molar-refractivity contribution in [2.45, 2.75) is 13.8 Å². The van der Waals surface area contributed by atoms with Crippen LogP contribution in [0.4, 0.5) is 5.69 Å². The van der Waals surface area contributed by atoms with E-state index in [1.54, 1.807) is 38.1 Å². The normalized spacial score (nSPS) is 11.9. The van der Waals surface area contributed by atoms with Crippen LogP contribution in [0.5, 0.6) is 0 Å². The standard InChI is InChI=1S/C13H14ClN3O2S/c1-9-13(10(2)16-15-9)17-20(18,19)8-7-11-3-5-12(14)6-4-11/h3-8,17H,1-2H3,(H,15,16)/b8-7+. The third-order valence-corrected chi connectivity index (χ3v) is 3.92. The van der Waals surface area contributed by atoms with Crippen LogP contribution in [0.2, 0.25) is 5.02 Å². The Balaban J connectivity index is 2.17. The van der Waals surface area contributed by atoms with Gasteiger partial charge in [0.25, 0.3) is 10.0 Å². The summed E-state index contributed by atoms with van der Waals surface area (Å²) in [5.74, 6) is 0. The lowest BCUT2D eigenvalue weighted by Crippen LogP contribution is -2.10. The molecule has 0 amide bonds. The maximum atomic E-state index is 12.0. The molecule has 2 rings (SSSR count). The number of rotatable bonds is 4. The maximum absolute atomic E-state index is 12.0. The number of sulfonamides is 1. The van der Waals surface area contributed by atoms with Crippen LogP contribution in [0, 0.1) is 13.8 Å². The number of halogens is 1. The average molecular weight is 312 g/mol. The van der Waals surface area contributed by atoms with E-state index in [1.807, 2.05) is 0 Å². The Kier molecular flexibility index (Phi) is 4.15. The van der Waals surface area contributed by atoms with Crippen molar-refractivity contribution in [2.24, 2.45) is 0 Å². The number of H-pyrrole nitrogens is 1. The fourth-order valence-corrected chi connectivity index (χ4v) is 2.74. The Morgan fingerprint density at radius 2 is 1.90 bits per heavy atom. The van der Waals surface area contributed by atoms with E-state index >= 15 is 0 Å². The molecule has 0 aliphatic carbocycles. The van der Waals surface area contributed by atoms with Gasteiger partial charge in [0, 0.05) is 5.02 Å². The van der Waals surface area contributed by atoms with E-state index in [0.29, 0.717) is 22.1 Å². The van der Waals surface area contributed by atoms with Crippen LogP contribution in [-0.2, 0) is 10.0 Å². The van der Waals surface area contributed by atoms with E-state index in [0.717, 1.165) is 11.0 Å². The van der Waals surface area contributed by atoms with Gasteiger partial charge in [0.15, 0.2) is 0 Å². The predicted molar refractivity (Wildman–Crippen MR) is 81.1 cm³/mol. The van der Waals surface area contributed by atoms with Gasteiger partial charge in [-0.25, -0.2) is 8.42 Å². The van der Waals surface area contributed by atoms with Crippen molar-refractivity contribution in [1.29, 1.82) is 0 Å². The zero-order chi connectivity index (χ0) is 14.8. The monoisotopic (exact) mass is 311 g/mol. The number of hydrogen-bond acceptors (Lipinski definition) is 3. The molecule has 7 heteroatoms.